The van der Waals surface area contributed by atoms with Gasteiger partial charge in [0.15, 0.2) is 0 Å². The number of aromatic amines is 1. The fourth-order valence-electron chi connectivity index (χ4n) is 5.51. The summed E-state index contributed by atoms with van der Waals surface area (Å²) >= 11 is 0. The van der Waals surface area contributed by atoms with Crippen molar-refractivity contribution >= 4 is 27.7 Å². The summed E-state index contributed by atoms with van der Waals surface area (Å²) in [7, 11) is 1.83. The molecule has 12 heteroatoms. The van der Waals surface area contributed by atoms with Crippen LogP contribution in [0.4, 0.5) is 22.0 Å². The summed E-state index contributed by atoms with van der Waals surface area (Å²) in [5.41, 5.74) is 2.90. The Morgan fingerprint density at radius 2 is 1.85 bits per heavy atom. The van der Waals surface area contributed by atoms with E-state index in [2.05, 4.69) is 20.6 Å². The maximum atomic E-state index is 14.2. The van der Waals surface area contributed by atoms with Crippen molar-refractivity contribution in [2.24, 2.45) is 13.0 Å². The van der Waals surface area contributed by atoms with Gasteiger partial charge in [0.2, 0.25) is 0 Å². The van der Waals surface area contributed by atoms with Crippen molar-refractivity contribution in [3.63, 3.8) is 0 Å². The van der Waals surface area contributed by atoms with Gasteiger partial charge in [0.05, 0.1) is 22.6 Å². The first-order valence-corrected chi connectivity index (χ1v) is 13.0. The SMILES string of the molecule is Cn1cc2cc(-c3n[nH]c4ccc(C(=O)N[C@@H]5C[C@H](C(F)(F)F)CN(Cc6c(F)cccc6F)C5)cc34)ccc2n1. The zero-order valence-corrected chi connectivity index (χ0v) is 21.8. The van der Waals surface area contributed by atoms with E-state index in [-0.39, 0.29) is 30.6 Å². The molecule has 1 fully saturated rings. The number of fused-ring (bicyclic) bond motifs is 2. The summed E-state index contributed by atoms with van der Waals surface area (Å²) in [5, 5.41) is 16.1. The van der Waals surface area contributed by atoms with Crippen LogP contribution in [0.3, 0.4) is 0 Å². The molecule has 3 heterocycles. The van der Waals surface area contributed by atoms with Crippen LogP contribution < -0.4 is 5.32 Å². The van der Waals surface area contributed by atoms with Crippen molar-refractivity contribution in [1.29, 1.82) is 0 Å². The first kappa shape index (κ1) is 26.9. The molecule has 0 spiro atoms. The molecule has 0 radical (unpaired) electrons. The molecule has 1 aliphatic heterocycles. The number of rotatable bonds is 5. The van der Waals surface area contributed by atoms with E-state index in [0.717, 1.165) is 28.6 Å². The van der Waals surface area contributed by atoms with Gasteiger partial charge in [-0.1, -0.05) is 12.1 Å². The standard InChI is InChI=1S/C29H25F5N6O/c1-39-12-18-9-16(5-7-25(18)38-39)27-21-10-17(6-8-26(21)36-37-27)28(41)35-20-11-19(29(32,33)34)13-40(14-20)15-22-23(30)3-2-4-24(22)31/h2-10,12,19-20H,11,13-15H2,1H3,(H,35,41)(H,36,37)/t19-,20+/m0/s1. The summed E-state index contributed by atoms with van der Waals surface area (Å²) < 4.78 is 71.5. The minimum atomic E-state index is -4.53. The lowest BCUT2D eigenvalue weighted by atomic mass is 9.92. The number of aromatic nitrogens is 4. The molecule has 2 N–H and O–H groups in total. The minimum absolute atomic E-state index is 0.0103. The van der Waals surface area contributed by atoms with Crippen molar-refractivity contribution in [1.82, 2.24) is 30.2 Å². The number of carbonyl (C=O) groups is 1. The van der Waals surface area contributed by atoms with Crippen LogP contribution >= 0.6 is 0 Å². The molecule has 0 saturated carbocycles. The van der Waals surface area contributed by atoms with Crippen molar-refractivity contribution in [3.8, 4) is 11.3 Å². The molecule has 6 rings (SSSR count). The number of aryl methyl sites for hydroxylation is 1. The fraction of sp³-hybridized carbons (Fsp3) is 0.276. The maximum absolute atomic E-state index is 14.2. The number of hydrogen-bond donors (Lipinski definition) is 2. The van der Waals surface area contributed by atoms with Crippen LogP contribution in [0, 0.1) is 17.6 Å². The molecule has 1 aliphatic rings. The Kier molecular flexibility index (Phi) is 6.72. The van der Waals surface area contributed by atoms with E-state index in [0.29, 0.717) is 16.6 Å². The van der Waals surface area contributed by atoms with Gasteiger partial charge in [-0.05, 0) is 48.9 Å². The van der Waals surface area contributed by atoms with Gasteiger partial charge in [0.1, 0.15) is 11.6 Å². The Labute approximate surface area is 230 Å². The van der Waals surface area contributed by atoms with Crippen molar-refractivity contribution in [3.05, 3.63) is 83.6 Å². The molecular formula is C29H25F5N6O. The highest BCUT2D eigenvalue weighted by atomic mass is 19.4. The van der Waals surface area contributed by atoms with Crippen LogP contribution in [-0.4, -0.2) is 56.1 Å². The molecule has 0 unspecified atom stereocenters. The Bertz CT molecular complexity index is 1740. The maximum Gasteiger partial charge on any atom is 0.393 e. The Balaban J connectivity index is 1.24. The second kappa shape index (κ2) is 10.3. The third kappa shape index (κ3) is 5.39. The van der Waals surface area contributed by atoms with Gasteiger partial charge in [-0.25, -0.2) is 8.78 Å². The van der Waals surface area contributed by atoms with E-state index < -0.39 is 42.2 Å². The lowest BCUT2D eigenvalue weighted by molar-refractivity contribution is -0.189. The molecule has 0 bridgehead atoms. The largest absolute Gasteiger partial charge is 0.393 e. The van der Waals surface area contributed by atoms with Crippen LogP contribution in [0.2, 0.25) is 0 Å². The molecule has 5 aromatic rings. The van der Waals surface area contributed by atoms with Gasteiger partial charge in [0.25, 0.3) is 5.91 Å². The summed E-state index contributed by atoms with van der Waals surface area (Å²) in [6, 6.07) is 13.1. The average Bonchev–Trinajstić information content (AvgIpc) is 3.51. The normalized spacial score (nSPS) is 18.3. The third-order valence-electron chi connectivity index (χ3n) is 7.49. The molecule has 212 valence electrons. The second-order valence-corrected chi connectivity index (χ2v) is 10.4. The van der Waals surface area contributed by atoms with E-state index in [4.69, 9.17) is 0 Å². The molecule has 2 aromatic heterocycles. The monoisotopic (exact) mass is 568 g/mol. The van der Waals surface area contributed by atoms with Gasteiger partial charge in [-0.3, -0.25) is 19.5 Å². The zero-order chi connectivity index (χ0) is 28.9. The van der Waals surface area contributed by atoms with Gasteiger partial charge in [-0.15, -0.1) is 0 Å². The number of nitrogens with one attached hydrogen (secondary N) is 2. The lowest BCUT2D eigenvalue weighted by Crippen LogP contribution is -2.53. The molecule has 0 aliphatic carbocycles. The number of halogens is 5. The average molecular weight is 569 g/mol. The van der Waals surface area contributed by atoms with E-state index in [9.17, 15) is 26.7 Å². The number of alkyl halides is 3. The van der Waals surface area contributed by atoms with Crippen molar-refractivity contribution in [2.75, 3.05) is 13.1 Å². The van der Waals surface area contributed by atoms with Gasteiger partial charge in [-0.2, -0.15) is 23.4 Å². The predicted octanol–water partition coefficient (Wildman–Crippen LogP) is 5.58. The molecule has 41 heavy (non-hydrogen) atoms. The number of carbonyl (C=O) groups excluding carboxylic acids is 1. The summed E-state index contributed by atoms with van der Waals surface area (Å²) in [6.07, 6.45) is -2.99. The van der Waals surface area contributed by atoms with Gasteiger partial charge >= 0.3 is 6.18 Å². The van der Waals surface area contributed by atoms with Crippen molar-refractivity contribution in [2.45, 2.75) is 25.2 Å². The van der Waals surface area contributed by atoms with E-state index in [1.165, 1.54) is 11.0 Å². The quantitative estimate of drug-likeness (QED) is 0.272. The molecule has 1 amide bonds. The van der Waals surface area contributed by atoms with E-state index >= 15 is 0 Å². The first-order chi connectivity index (χ1) is 19.5. The number of H-pyrrole nitrogens is 1. The first-order valence-electron chi connectivity index (χ1n) is 13.0. The number of nitrogens with zero attached hydrogens (tertiary/aromatic N) is 4. The van der Waals surface area contributed by atoms with Crippen LogP contribution in [0.25, 0.3) is 33.1 Å². The zero-order valence-electron chi connectivity index (χ0n) is 21.8. The smallest absolute Gasteiger partial charge is 0.348 e. The van der Waals surface area contributed by atoms with Crippen molar-refractivity contribution < 1.29 is 26.7 Å². The summed E-state index contributed by atoms with van der Waals surface area (Å²) in [5.74, 6) is -3.97. The topological polar surface area (TPSA) is 78.8 Å². The molecule has 3 aromatic carbocycles. The highest BCUT2D eigenvalue weighted by molar-refractivity contribution is 6.02. The second-order valence-electron chi connectivity index (χ2n) is 10.4. The lowest BCUT2D eigenvalue weighted by Gasteiger charge is -2.38. The van der Waals surface area contributed by atoms with Crippen LogP contribution in [-0.2, 0) is 13.6 Å². The molecule has 1 saturated heterocycles. The predicted molar refractivity (Wildman–Crippen MR) is 143 cm³/mol. The van der Waals surface area contributed by atoms with E-state index in [1.54, 1.807) is 22.9 Å². The minimum Gasteiger partial charge on any atom is -0.348 e. The van der Waals surface area contributed by atoms with Crippen LogP contribution in [0.15, 0.2) is 60.8 Å². The number of hydrogen-bond acceptors (Lipinski definition) is 4. The molecule has 2 atom stereocenters. The number of amides is 1. The van der Waals surface area contributed by atoms with Gasteiger partial charge in [0, 0.05) is 66.4 Å². The van der Waals surface area contributed by atoms with Gasteiger partial charge < -0.3 is 5.32 Å². The Hall–Kier alpha value is -4.32. The summed E-state index contributed by atoms with van der Waals surface area (Å²) in [6.45, 7) is -0.755. The fourth-order valence-corrected chi connectivity index (χ4v) is 5.51. The van der Waals surface area contributed by atoms with E-state index in [1.807, 2.05) is 31.4 Å². The number of piperidine rings is 1. The third-order valence-corrected chi connectivity index (χ3v) is 7.49. The number of likely N-dealkylation sites (tertiary alicyclic amines) is 1. The Morgan fingerprint density at radius 3 is 2.61 bits per heavy atom. The molecule has 7 nitrogen and oxygen atoms in total. The highest BCUT2D eigenvalue weighted by Gasteiger charge is 2.45. The highest BCUT2D eigenvalue weighted by Crippen LogP contribution is 2.35. The van der Waals surface area contributed by atoms with Crippen LogP contribution in [0.5, 0.6) is 0 Å². The summed E-state index contributed by atoms with van der Waals surface area (Å²) in [4.78, 5) is 14.6. The molecular weight excluding hydrogens is 543 g/mol. The number of benzene rings is 3. The Morgan fingerprint density at radius 1 is 1.07 bits per heavy atom. The van der Waals surface area contributed by atoms with Crippen LogP contribution in [0.1, 0.15) is 22.3 Å².